The van der Waals surface area contributed by atoms with Crippen LogP contribution in [0, 0.1) is 6.92 Å². The normalized spacial score (nSPS) is 10.9. The number of amides is 1. The van der Waals surface area contributed by atoms with Crippen molar-refractivity contribution in [1.82, 2.24) is 29.5 Å². The highest BCUT2D eigenvalue weighted by Crippen LogP contribution is 2.18. The minimum Gasteiger partial charge on any atom is -0.365 e. The number of nitrogens with zero attached hydrogens (tertiary/aromatic N) is 6. The molecule has 0 atom stereocenters. The van der Waals surface area contributed by atoms with Crippen LogP contribution in [0.5, 0.6) is 0 Å². The molecule has 1 aromatic carbocycles. The maximum atomic E-state index is 11.6. The second-order valence-electron chi connectivity index (χ2n) is 5.87. The highest BCUT2D eigenvalue weighted by molar-refractivity contribution is 5.98. The lowest BCUT2D eigenvalue weighted by atomic mass is 10.2. The molecule has 0 bridgehead atoms. The molecule has 0 aliphatic heterocycles. The molecule has 0 aliphatic carbocycles. The van der Waals surface area contributed by atoms with Crippen LogP contribution in [0.1, 0.15) is 21.7 Å². The van der Waals surface area contributed by atoms with Gasteiger partial charge in [0.05, 0.1) is 5.56 Å². The number of pyridine rings is 1. The molecular formula is C18H16N8O. The lowest BCUT2D eigenvalue weighted by molar-refractivity contribution is 0.100. The highest BCUT2D eigenvalue weighted by atomic mass is 16.1. The summed E-state index contributed by atoms with van der Waals surface area (Å²) in [6.07, 6.45) is 1.73. The van der Waals surface area contributed by atoms with Crippen molar-refractivity contribution >= 4 is 17.5 Å². The molecule has 1 amide bonds. The minimum atomic E-state index is -0.573. The van der Waals surface area contributed by atoms with Crippen molar-refractivity contribution in [2.45, 2.75) is 13.5 Å². The quantitative estimate of drug-likeness (QED) is 0.554. The number of nitrogens with one attached hydrogen (secondary N) is 1. The summed E-state index contributed by atoms with van der Waals surface area (Å²) >= 11 is 0. The number of carbonyl (C=O) groups excluding carboxylic acids is 1. The number of fused-ring (bicyclic) bond motifs is 1. The van der Waals surface area contributed by atoms with Crippen molar-refractivity contribution in [3.05, 3.63) is 65.6 Å². The first-order valence-corrected chi connectivity index (χ1v) is 8.26. The molecule has 3 heterocycles. The SMILES string of the molecule is Cc1nc(NCc2ccccc2)nc(-c2nnc3c(C(N)=O)cccn23)n1. The number of nitrogens with two attached hydrogens (primary N) is 1. The predicted octanol–water partition coefficient (Wildman–Crippen LogP) is 1.60. The van der Waals surface area contributed by atoms with Crippen LogP contribution in [0.2, 0.25) is 0 Å². The predicted molar refractivity (Wildman–Crippen MR) is 98.8 cm³/mol. The Morgan fingerprint density at radius 2 is 1.89 bits per heavy atom. The first-order chi connectivity index (χ1) is 13.1. The van der Waals surface area contributed by atoms with Crippen LogP contribution in [0.15, 0.2) is 48.7 Å². The number of benzene rings is 1. The van der Waals surface area contributed by atoms with E-state index in [9.17, 15) is 4.79 Å². The summed E-state index contributed by atoms with van der Waals surface area (Å²) in [6, 6.07) is 13.2. The lowest BCUT2D eigenvalue weighted by Crippen LogP contribution is -2.12. The third kappa shape index (κ3) is 3.30. The van der Waals surface area contributed by atoms with E-state index < -0.39 is 5.91 Å². The van der Waals surface area contributed by atoms with E-state index in [1.807, 2.05) is 30.3 Å². The Balaban J connectivity index is 1.70. The van der Waals surface area contributed by atoms with Gasteiger partial charge in [-0.3, -0.25) is 9.20 Å². The Morgan fingerprint density at radius 1 is 1.07 bits per heavy atom. The van der Waals surface area contributed by atoms with Gasteiger partial charge in [0.15, 0.2) is 5.65 Å². The molecule has 9 heteroatoms. The summed E-state index contributed by atoms with van der Waals surface area (Å²) in [5.74, 6) is 1.16. The zero-order valence-electron chi connectivity index (χ0n) is 14.5. The molecule has 0 radical (unpaired) electrons. The Hall–Kier alpha value is -3.88. The van der Waals surface area contributed by atoms with Crippen molar-refractivity contribution in [2.75, 3.05) is 5.32 Å². The second-order valence-corrected chi connectivity index (χ2v) is 5.87. The summed E-state index contributed by atoms with van der Waals surface area (Å²) in [4.78, 5) is 24.7. The van der Waals surface area contributed by atoms with E-state index in [0.29, 0.717) is 35.6 Å². The summed E-state index contributed by atoms with van der Waals surface area (Å²) in [6.45, 7) is 2.35. The number of carbonyl (C=O) groups is 1. The molecule has 0 saturated heterocycles. The highest BCUT2D eigenvalue weighted by Gasteiger charge is 2.17. The summed E-state index contributed by atoms with van der Waals surface area (Å²) < 4.78 is 1.63. The van der Waals surface area contributed by atoms with Gasteiger partial charge < -0.3 is 11.1 Å². The van der Waals surface area contributed by atoms with Crippen molar-refractivity contribution in [2.24, 2.45) is 5.73 Å². The van der Waals surface area contributed by atoms with Gasteiger partial charge in [0.1, 0.15) is 5.82 Å². The maximum absolute atomic E-state index is 11.6. The summed E-state index contributed by atoms with van der Waals surface area (Å²) in [5.41, 5.74) is 7.15. The van der Waals surface area contributed by atoms with Crippen LogP contribution < -0.4 is 11.1 Å². The molecule has 3 aromatic heterocycles. The summed E-state index contributed by atoms with van der Waals surface area (Å²) in [5, 5.41) is 11.4. The van der Waals surface area contributed by atoms with Crippen LogP contribution in [0.3, 0.4) is 0 Å². The fourth-order valence-corrected chi connectivity index (χ4v) is 2.70. The number of aryl methyl sites for hydroxylation is 1. The number of rotatable bonds is 5. The average Bonchev–Trinajstić information content (AvgIpc) is 3.11. The molecule has 0 aliphatic rings. The lowest BCUT2D eigenvalue weighted by Gasteiger charge is -2.07. The van der Waals surface area contributed by atoms with Gasteiger partial charge in [-0.05, 0) is 24.6 Å². The molecule has 0 unspecified atom stereocenters. The standard InChI is InChI=1S/C18H16N8O/c1-11-21-15(23-18(22-11)20-10-12-6-3-2-4-7-12)17-25-24-16-13(14(19)27)8-5-9-26(16)17/h2-9H,10H2,1H3,(H2,19,27)(H,20,21,22,23). The van der Waals surface area contributed by atoms with E-state index in [-0.39, 0.29) is 5.56 Å². The van der Waals surface area contributed by atoms with Gasteiger partial charge in [0.2, 0.25) is 17.6 Å². The fraction of sp³-hybridized carbons (Fsp3) is 0.111. The third-order valence-corrected chi connectivity index (χ3v) is 3.94. The Labute approximate surface area is 154 Å². The average molecular weight is 360 g/mol. The van der Waals surface area contributed by atoms with Crippen LogP contribution >= 0.6 is 0 Å². The van der Waals surface area contributed by atoms with Gasteiger partial charge in [-0.25, -0.2) is 4.98 Å². The molecule has 0 fully saturated rings. The molecule has 4 rings (SSSR count). The molecule has 4 aromatic rings. The van der Waals surface area contributed by atoms with Crippen molar-refractivity contribution < 1.29 is 4.79 Å². The van der Waals surface area contributed by atoms with Crippen molar-refractivity contribution in [3.63, 3.8) is 0 Å². The van der Waals surface area contributed by atoms with Gasteiger partial charge >= 0.3 is 0 Å². The van der Waals surface area contributed by atoms with Gasteiger partial charge in [-0.2, -0.15) is 9.97 Å². The van der Waals surface area contributed by atoms with Gasteiger partial charge in [0.25, 0.3) is 5.91 Å². The number of anilines is 1. The first-order valence-electron chi connectivity index (χ1n) is 8.26. The zero-order chi connectivity index (χ0) is 18.8. The largest absolute Gasteiger partial charge is 0.365 e. The van der Waals surface area contributed by atoms with E-state index >= 15 is 0 Å². The first kappa shape index (κ1) is 16.6. The van der Waals surface area contributed by atoms with Crippen LogP contribution in [-0.4, -0.2) is 35.5 Å². The zero-order valence-corrected chi connectivity index (χ0v) is 14.5. The van der Waals surface area contributed by atoms with E-state index in [0.717, 1.165) is 5.56 Å². The molecule has 27 heavy (non-hydrogen) atoms. The van der Waals surface area contributed by atoms with Crippen LogP contribution in [0.4, 0.5) is 5.95 Å². The van der Waals surface area contributed by atoms with E-state index in [1.54, 1.807) is 29.7 Å². The molecule has 0 saturated carbocycles. The van der Waals surface area contributed by atoms with Crippen molar-refractivity contribution in [1.29, 1.82) is 0 Å². The molecular weight excluding hydrogens is 344 g/mol. The van der Waals surface area contributed by atoms with Gasteiger partial charge in [-0.1, -0.05) is 30.3 Å². The van der Waals surface area contributed by atoms with Crippen LogP contribution in [-0.2, 0) is 6.54 Å². The van der Waals surface area contributed by atoms with Crippen LogP contribution in [0.25, 0.3) is 17.3 Å². The molecule has 9 nitrogen and oxygen atoms in total. The number of hydrogen-bond acceptors (Lipinski definition) is 7. The maximum Gasteiger partial charge on any atom is 0.252 e. The number of primary amides is 1. The van der Waals surface area contributed by atoms with E-state index in [1.165, 1.54) is 0 Å². The third-order valence-electron chi connectivity index (χ3n) is 3.94. The van der Waals surface area contributed by atoms with Gasteiger partial charge in [-0.15, -0.1) is 10.2 Å². The second kappa shape index (κ2) is 6.79. The monoisotopic (exact) mass is 360 g/mol. The van der Waals surface area contributed by atoms with E-state index in [4.69, 9.17) is 5.73 Å². The minimum absolute atomic E-state index is 0.282. The van der Waals surface area contributed by atoms with Crippen molar-refractivity contribution in [3.8, 4) is 11.6 Å². The fourth-order valence-electron chi connectivity index (χ4n) is 2.70. The smallest absolute Gasteiger partial charge is 0.252 e. The Morgan fingerprint density at radius 3 is 2.67 bits per heavy atom. The topological polar surface area (TPSA) is 124 Å². The Bertz CT molecular complexity index is 1120. The molecule has 0 spiro atoms. The van der Waals surface area contributed by atoms with E-state index in [2.05, 4.69) is 30.5 Å². The number of hydrogen-bond donors (Lipinski definition) is 2. The Kier molecular flexibility index (Phi) is 4.17. The molecule has 3 N–H and O–H groups in total. The molecule has 134 valence electrons. The summed E-state index contributed by atoms with van der Waals surface area (Å²) in [7, 11) is 0. The number of aromatic nitrogens is 6. The van der Waals surface area contributed by atoms with Gasteiger partial charge in [0, 0.05) is 12.7 Å².